The number of amides is 3. The van der Waals surface area contributed by atoms with E-state index in [-0.39, 0.29) is 36.1 Å². The first kappa shape index (κ1) is 22.9. The Labute approximate surface area is 183 Å². The van der Waals surface area contributed by atoms with Crippen molar-refractivity contribution in [1.82, 2.24) is 10.2 Å². The summed E-state index contributed by atoms with van der Waals surface area (Å²) in [6.07, 6.45) is 3.47. The number of carboxylic acids is 1. The molecule has 0 atom stereocenters. The minimum absolute atomic E-state index is 0.133. The quantitative estimate of drug-likeness (QED) is 0.664. The molecular formula is C23H33N3O5. The van der Waals surface area contributed by atoms with Gasteiger partial charge in [0, 0.05) is 30.7 Å². The first-order chi connectivity index (χ1) is 14.6. The van der Waals surface area contributed by atoms with Gasteiger partial charge in [-0.05, 0) is 82.1 Å². The molecule has 1 fully saturated rings. The van der Waals surface area contributed by atoms with E-state index in [0.29, 0.717) is 19.5 Å². The van der Waals surface area contributed by atoms with E-state index in [0.717, 1.165) is 42.5 Å². The molecular weight excluding hydrogens is 398 g/mol. The molecule has 8 heteroatoms. The number of fused-ring (bicyclic) bond motifs is 1. The van der Waals surface area contributed by atoms with E-state index in [1.807, 2.05) is 39.0 Å². The van der Waals surface area contributed by atoms with Gasteiger partial charge < -0.3 is 25.4 Å². The number of nitrogens with zero attached hydrogens (tertiary/aromatic N) is 1. The van der Waals surface area contributed by atoms with Gasteiger partial charge >= 0.3 is 18.1 Å². The van der Waals surface area contributed by atoms with Crippen LogP contribution in [0, 0.1) is 5.92 Å². The molecule has 2 aliphatic rings. The molecule has 1 saturated carbocycles. The first-order valence-electron chi connectivity index (χ1n) is 11.0. The van der Waals surface area contributed by atoms with Crippen molar-refractivity contribution in [2.24, 2.45) is 5.92 Å². The highest BCUT2D eigenvalue weighted by molar-refractivity contribution is 5.89. The van der Waals surface area contributed by atoms with Gasteiger partial charge in [0.1, 0.15) is 6.10 Å². The molecule has 0 unspecified atom stereocenters. The lowest BCUT2D eigenvalue weighted by Crippen LogP contribution is -2.43. The van der Waals surface area contributed by atoms with E-state index >= 15 is 0 Å². The second-order valence-electron chi connectivity index (χ2n) is 9.61. The highest BCUT2D eigenvalue weighted by Crippen LogP contribution is 2.30. The largest absolute Gasteiger partial charge is 0.481 e. The molecule has 1 aromatic rings. The maximum absolute atomic E-state index is 12.6. The first-order valence-corrected chi connectivity index (χ1v) is 11.0. The molecule has 0 bridgehead atoms. The zero-order chi connectivity index (χ0) is 22.6. The SMILES string of the molecule is CC(C)(C)NC(=O)Nc1ccc2c(c1)CCN(C(=O)OC1CCC(CC(=O)O)CC1)C2. The number of nitrogens with one attached hydrogen (secondary N) is 2. The van der Waals surface area contributed by atoms with Crippen LogP contribution in [0.25, 0.3) is 0 Å². The average molecular weight is 432 g/mol. The lowest BCUT2D eigenvalue weighted by atomic mass is 9.85. The number of anilines is 1. The molecule has 3 N–H and O–H groups in total. The Balaban J connectivity index is 1.50. The predicted octanol–water partition coefficient (Wildman–Crippen LogP) is 4.13. The van der Waals surface area contributed by atoms with Crippen LogP contribution in [0.1, 0.15) is 64.0 Å². The Hall–Kier alpha value is -2.77. The molecule has 0 aromatic heterocycles. The summed E-state index contributed by atoms with van der Waals surface area (Å²) in [5.74, 6) is -0.580. The zero-order valence-electron chi connectivity index (χ0n) is 18.6. The van der Waals surface area contributed by atoms with Crippen LogP contribution in [0.5, 0.6) is 0 Å². The molecule has 1 aromatic carbocycles. The monoisotopic (exact) mass is 431 g/mol. The van der Waals surface area contributed by atoms with Crippen molar-refractivity contribution < 1.29 is 24.2 Å². The van der Waals surface area contributed by atoms with Crippen molar-refractivity contribution in [2.75, 3.05) is 11.9 Å². The van der Waals surface area contributed by atoms with E-state index in [1.54, 1.807) is 4.90 Å². The van der Waals surface area contributed by atoms with Crippen molar-refractivity contribution >= 4 is 23.8 Å². The smallest absolute Gasteiger partial charge is 0.410 e. The van der Waals surface area contributed by atoms with Crippen molar-refractivity contribution in [2.45, 2.75) is 77.5 Å². The summed E-state index contributed by atoms with van der Waals surface area (Å²) >= 11 is 0. The van der Waals surface area contributed by atoms with Crippen LogP contribution in [0.15, 0.2) is 18.2 Å². The summed E-state index contributed by atoms with van der Waals surface area (Å²) < 4.78 is 5.70. The normalized spacial score (nSPS) is 21.1. The summed E-state index contributed by atoms with van der Waals surface area (Å²) in [7, 11) is 0. The fourth-order valence-electron chi connectivity index (χ4n) is 4.21. The molecule has 31 heavy (non-hydrogen) atoms. The molecule has 1 aliphatic carbocycles. The van der Waals surface area contributed by atoms with Crippen LogP contribution in [0.2, 0.25) is 0 Å². The molecule has 1 heterocycles. The van der Waals surface area contributed by atoms with E-state index in [4.69, 9.17) is 9.84 Å². The second-order valence-corrected chi connectivity index (χ2v) is 9.61. The molecule has 3 rings (SSSR count). The second kappa shape index (κ2) is 9.58. The molecule has 3 amide bonds. The Morgan fingerprint density at radius 3 is 2.48 bits per heavy atom. The van der Waals surface area contributed by atoms with E-state index in [9.17, 15) is 14.4 Å². The number of ether oxygens (including phenoxy) is 1. The average Bonchev–Trinajstić information content (AvgIpc) is 2.67. The van der Waals surface area contributed by atoms with Crippen LogP contribution < -0.4 is 10.6 Å². The standard InChI is InChI=1S/C23H33N3O5/c1-23(2,3)25-21(29)24-18-7-6-17-14-26(11-10-16(17)13-18)22(30)31-19-8-4-15(5-9-19)12-20(27)28/h6-7,13,15,19H,4-5,8-12,14H2,1-3H3,(H,27,28)(H2,24,25,29). The summed E-state index contributed by atoms with van der Waals surface area (Å²) in [5.41, 5.74) is 2.59. The van der Waals surface area contributed by atoms with Crippen molar-refractivity contribution in [3.8, 4) is 0 Å². The third-order valence-corrected chi connectivity index (χ3v) is 5.75. The molecule has 1 aliphatic heterocycles. The number of hydrogen-bond donors (Lipinski definition) is 3. The third-order valence-electron chi connectivity index (χ3n) is 5.75. The van der Waals surface area contributed by atoms with Crippen LogP contribution in [-0.4, -0.2) is 46.3 Å². The van der Waals surface area contributed by atoms with Crippen molar-refractivity contribution in [3.63, 3.8) is 0 Å². The number of carboxylic acid groups (broad SMARTS) is 1. The maximum Gasteiger partial charge on any atom is 0.410 e. The Morgan fingerprint density at radius 2 is 1.84 bits per heavy atom. The lowest BCUT2D eigenvalue weighted by molar-refractivity contribution is -0.138. The highest BCUT2D eigenvalue weighted by Gasteiger charge is 2.28. The van der Waals surface area contributed by atoms with Gasteiger partial charge in [-0.25, -0.2) is 9.59 Å². The van der Waals surface area contributed by atoms with Crippen LogP contribution in [0.4, 0.5) is 15.3 Å². The Kier molecular flexibility index (Phi) is 7.08. The number of hydrogen-bond acceptors (Lipinski definition) is 4. The summed E-state index contributed by atoms with van der Waals surface area (Å²) in [6, 6.07) is 5.51. The van der Waals surface area contributed by atoms with Crippen LogP contribution in [0.3, 0.4) is 0 Å². The summed E-state index contributed by atoms with van der Waals surface area (Å²) in [4.78, 5) is 37.3. The maximum atomic E-state index is 12.6. The molecule has 0 spiro atoms. The number of rotatable bonds is 4. The van der Waals surface area contributed by atoms with Gasteiger partial charge in [-0.1, -0.05) is 6.07 Å². The molecule has 8 nitrogen and oxygen atoms in total. The van der Waals surface area contributed by atoms with Gasteiger partial charge in [-0.15, -0.1) is 0 Å². The van der Waals surface area contributed by atoms with Gasteiger partial charge in [0.15, 0.2) is 0 Å². The van der Waals surface area contributed by atoms with Gasteiger partial charge in [0.25, 0.3) is 0 Å². The zero-order valence-corrected chi connectivity index (χ0v) is 18.6. The fourth-order valence-corrected chi connectivity index (χ4v) is 4.21. The van der Waals surface area contributed by atoms with Gasteiger partial charge in [-0.3, -0.25) is 4.79 Å². The molecule has 170 valence electrons. The third kappa shape index (κ3) is 6.87. The summed E-state index contributed by atoms with van der Waals surface area (Å²) in [6.45, 7) is 6.83. The predicted molar refractivity (Wildman–Crippen MR) is 117 cm³/mol. The van der Waals surface area contributed by atoms with Crippen molar-refractivity contribution in [1.29, 1.82) is 0 Å². The number of urea groups is 1. The van der Waals surface area contributed by atoms with Gasteiger partial charge in [0.05, 0.1) is 0 Å². The lowest BCUT2D eigenvalue weighted by Gasteiger charge is -2.32. The number of aliphatic carboxylic acids is 1. The summed E-state index contributed by atoms with van der Waals surface area (Å²) in [5, 5.41) is 14.6. The van der Waals surface area contributed by atoms with Gasteiger partial charge in [-0.2, -0.15) is 0 Å². The Bertz CT molecular complexity index is 825. The molecule has 0 radical (unpaired) electrons. The van der Waals surface area contributed by atoms with Crippen LogP contribution in [-0.2, 0) is 22.5 Å². The number of carbonyl (C=O) groups excluding carboxylic acids is 2. The van der Waals surface area contributed by atoms with Gasteiger partial charge in [0.2, 0.25) is 0 Å². The fraction of sp³-hybridized carbons (Fsp3) is 0.609. The van der Waals surface area contributed by atoms with Crippen LogP contribution >= 0.6 is 0 Å². The minimum atomic E-state index is -0.763. The Morgan fingerprint density at radius 1 is 1.13 bits per heavy atom. The van der Waals surface area contributed by atoms with Crippen molar-refractivity contribution in [3.05, 3.63) is 29.3 Å². The highest BCUT2D eigenvalue weighted by atomic mass is 16.6. The minimum Gasteiger partial charge on any atom is -0.481 e. The van der Waals surface area contributed by atoms with E-state index in [1.165, 1.54) is 0 Å². The molecule has 0 saturated heterocycles. The van der Waals surface area contributed by atoms with E-state index < -0.39 is 5.97 Å². The number of benzene rings is 1. The van der Waals surface area contributed by atoms with E-state index in [2.05, 4.69) is 10.6 Å². The topological polar surface area (TPSA) is 108 Å². The number of carbonyl (C=O) groups is 3.